The largest absolute Gasteiger partial charge is 0.356 e. The van der Waals surface area contributed by atoms with Crippen molar-refractivity contribution in [1.29, 1.82) is 0 Å². The third kappa shape index (κ3) is 1.36. The van der Waals surface area contributed by atoms with Crippen LogP contribution in [-0.4, -0.2) is 17.8 Å². The van der Waals surface area contributed by atoms with Crippen LogP contribution in [0.3, 0.4) is 0 Å². The molecule has 0 bridgehead atoms. The van der Waals surface area contributed by atoms with Gasteiger partial charge >= 0.3 is 0 Å². The van der Waals surface area contributed by atoms with Crippen LogP contribution in [0, 0.1) is 0 Å². The number of amidine groups is 1. The summed E-state index contributed by atoms with van der Waals surface area (Å²) in [6.45, 7) is 4.19. The Bertz CT molecular complexity index is 370. The molecule has 13 heavy (non-hydrogen) atoms. The van der Waals surface area contributed by atoms with Crippen LogP contribution in [0.15, 0.2) is 11.1 Å². The molecule has 2 rings (SSSR count). The van der Waals surface area contributed by atoms with Gasteiger partial charge in [0, 0.05) is 7.05 Å². The van der Waals surface area contributed by atoms with Gasteiger partial charge in [-0.15, -0.1) is 11.3 Å². The van der Waals surface area contributed by atoms with E-state index in [4.69, 9.17) is 11.6 Å². The van der Waals surface area contributed by atoms with Gasteiger partial charge in [-0.25, -0.2) is 4.99 Å². The van der Waals surface area contributed by atoms with E-state index in [0.29, 0.717) is 6.04 Å². The molecule has 0 saturated heterocycles. The fourth-order valence-corrected chi connectivity index (χ4v) is 2.73. The summed E-state index contributed by atoms with van der Waals surface area (Å²) in [5.74, 6) is 1.05. The Hall–Kier alpha value is -0.540. The van der Waals surface area contributed by atoms with E-state index in [1.807, 2.05) is 13.0 Å². The highest BCUT2D eigenvalue weighted by Gasteiger charge is 2.23. The number of halogens is 1. The minimum absolute atomic E-state index is 0.394. The Morgan fingerprint density at radius 1 is 1.62 bits per heavy atom. The molecule has 1 aromatic rings. The maximum absolute atomic E-state index is 5.94. The molecule has 0 spiro atoms. The van der Waals surface area contributed by atoms with E-state index in [-0.39, 0.29) is 0 Å². The first-order valence-electron chi connectivity index (χ1n) is 4.17. The van der Waals surface area contributed by atoms with Crippen LogP contribution < -0.4 is 0 Å². The van der Waals surface area contributed by atoms with Gasteiger partial charge in [-0.3, -0.25) is 0 Å². The van der Waals surface area contributed by atoms with E-state index in [1.165, 1.54) is 4.88 Å². The zero-order valence-electron chi connectivity index (χ0n) is 7.84. The molecule has 0 saturated carbocycles. The van der Waals surface area contributed by atoms with Gasteiger partial charge in [0.1, 0.15) is 5.84 Å². The van der Waals surface area contributed by atoms with Crippen molar-refractivity contribution in [2.45, 2.75) is 19.9 Å². The second-order valence-electron chi connectivity index (χ2n) is 3.25. The second-order valence-corrected chi connectivity index (χ2v) is 4.96. The third-order valence-electron chi connectivity index (χ3n) is 2.46. The number of rotatable bonds is 0. The SMILES string of the molecule is CC1=Nc2cc(Cl)sc2[C@H](C)N1C. The maximum atomic E-state index is 5.94. The first kappa shape index (κ1) is 9.03. The Balaban J connectivity index is 2.55. The van der Waals surface area contributed by atoms with Gasteiger partial charge in [0.2, 0.25) is 0 Å². The van der Waals surface area contributed by atoms with Gasteiger partial charge in [-0.1, -0.05) is 11.6 Å². The zero-order chi connectivity index (χ0) is 9.59. The lowest BCUT2D eigenvalue weighted by atomic mass is 10.2. The smallest absolute Gasteiger partial charge is 0.102 e. The van der Waals surface area contributed by atoms with Crippen molar-refractivity contribution in [1.82, 2.24) is 4.90 Å². The molecule has 70 valence electrons. The number of thiophene rings is 1. The minimum atomic E-state index is 0.394. The fourth-order valence-electron chi connectivity index (χ4n) is 1.46. The molecule has 0 aromatic carbocycles. The van der Waals surface area contributed by atoms with E-state index < -0.39 is 0 Å². The van der Waals surface area contributed by atoms with Crippen LogP contribution in [0.2, 0.25) is 4.34 Å². The summed E-state index contributed by atoms with van der Waals surface area (Å²) in [6, 6.07) is 2.33. The molecule has 0 amide bonds. The van der Waals surface area contributed by atoms with Gasteiger partial charge in [0.05, 0.1) is 20.9 Å². The highest BCUT2D eigenvalue weighted by atomic mass is 35.5. The molecule has 1 aromatic heterocycles. The van der Waals surface area contributed by atoms with Crippen LogP contribution in [0.1, 0.15) is 24.8 Å². The minimum Gasteiger partial charge on any atom is -0.356 e. The lowest BCUT2D eigenvalue weighted by molar-refractivity contribution is 0.400. The average Bonchev–Trinajstić information content (AvgIpc) is 2.42. The standard InChI is InChI=1S/C9H11ClN2S/c1-5-9-7(4-8(10)13-9)11-6(2)12(5)3/h4-5H,1-3H3/t5-/m0/s1. The fraction of sp³-hybridized carbons (Fsp3) is 0.444. The normalized spacial score (nSPS) is 21.4. The molecule has 0 radical (unpaired) electrons. The van der Waals surface area contributed by atoms with Gasteiger partial charge in [-0.2, -0.15) is 0 Å². The van der Waals surface area contributed by atoms with Crippen molar-refractivity contribution in [3.63, 3.8) is 0 Å². The third-order valence-corrected chi connectivity index (χ3v) is 3.89. The van der Waals surface area contributed by atoms with E-state index in [9.17, 15) is 0 Å². The number of nitrogens with zero attached hydrogens (tertiary/aromatic N) is 2. The first-order chi connectivity index (χ1) is 6.09. The van der Waals surface area contributed by atoms with Gasteiger partial charge in [-0.05, 0) is 19.9 Å². The molecule has 4 heteroatoms. The summed E-state index contributed by atoms with van der Waals surface area (Å²) < 4.78 is 0.823. The predicted molar refractivity (Wildman–Crippen MR) is 58.3 cm³/mol. The van der Waals surface area contributed by atoms with E-state index in [1.54, 1.807) is 11.3 Å². The molecule has 2 heterocycles. The van der Waals surface area contributed by atoms with Crippen LogP contribution >= 0.6 is 22.9 Å². The summed E-state index contributed by atoms with van der Waals surface area (Å²) in [5.41, 5.74) is 1.04. The highest BCUT2D eigenvalue weighted by molar-refractivity contribution is 7.16. The molecule has 0 aliphatic carbocycles. The quantitative estimate of drug-likeness (QED) is 0.646. The zero-order valence-corrected chi connectivity index (χ0v) is 9.41. The van der Waals surface area contributed by atoms with Crippen LogP contribution in [0.4, 0.5) is 5.69 Å². The van der Waals surface area contributed by atoms with Crippen LogP contribution in [0.25, 0.3) is 0 Å². The second kappa shape index (κ2) is 3.00. The van der Waals surface area contributed by atoms with E-state index in [2.05, 4.69) is 23.9 Å². The average molecular weight is 215 g/mol. The van der Waals surface area contributed by atoms with Crippen LogP contribution in [0.5, 0.6) is 0 Å². The molecule has 1 atom stereocenters. The molecule has 1 aliphatic heterocycles. The Kier molecular flexibility index (Phi) is 2.08. The molecule has 0 fully saturated rings. The lowest BCUT2D eigenvalue weighted by Gasteiger charge is -2.29. The summed E-state index contributed by atoms with van der Waals surface area (Å²) >= 11 is 7.56. The molecule has 2 nitrogen and oxygen atoms in total. The predicted octanol–water partition coefficient (Wildman–Crippen LogP) is 3.46. The number of aliphatic imine (C=N–C) groups is 1. The monoisotopic (exact) mass is 214 g/mol. The Morgan fingerprint density at radius 2 is 2.31 bits per heavy atom. The number of hydrogen-bond acceptors (Lipinski definition) is 3. The van der Waals surface area contributed by atoms with Crippen LogP contribution in [-0.2, 0) is 0 Å². The summed E-state index contributed by atoms with van der Waals surface area (Å²) in [5, 5.41) is 0. The lowest BCUT2D eigenvalue weighted by Crippen LogP contribution is -2.29. The van der Waals surface area contributed by atoms with Crippen molar-refractivity contribution in [2.75, 3.05) is 7.05 Å². The first-order valence-corrected chi connectivity index (χ1v) is 5.36. The topological polar surface area (TPSA) is 15.6 Å². The van der Waals surface area contributed by atoms with Crippen molar-refractivity contribution in [3.05, 3.63) is 15.3 Å². The summed E-state index contributed by atoms with van der Waals surface area (Å²) in [4.78, 5) is 7.89. The van der Waals surface area contributed by atoms with E-state index >= 15 is 0 Å². The Labute approximate surface area is 86.8 Å². The summed E-state index contributed by atoms with van der Waals surface area (Å²) in [7, 11) is 2.06. The molecular formula is C9H11ClN2S. The van der Waals surface area contributed by atoms with Crippen molar-refractivity contribution in [3.8, 4) is 0 Å². The van der Waals surface area contributed by atoms with E-state index in [0.717, 1.165) is 15.9 Å². The van der Waals surface area contributed by atoms with Gasteiger partial charge in [0.15, 0.2) is 0 Å². The van der Waals surface area contributed by atoms with Gasteiger partial charge < -0.3 is 4.90 Å². The molecule has 0 unspecified atom stereocenters. The highest BCUT2D eigenvalue weighted by Crippen LogP contribution is 2.41. The molecule has 1 aliphatic rings. The van der Waals surface area contributed by atoms with Crippen molar-refractivity contribution in [2.24, 2.45) is 4.99 Å². The number of hydrogen-bond donors (Lipinski definition) is 0. The maximum Gasteiger partial charge on any atom is 0.102 e. The summed E-state index contributed by atoms with van der Waals surface area (Å²) in [6.07, 6.45) is 0. The Morgan fingerprint density at radius 3 is 3.00 bits per heavy atom. The molecule has 0 N–H and O–H groups in total. The number of fused-ring (bicyclic) bond motifs is 1. The molecular weight excluding hydrogens is 204 g/mol. The van der Waals surface area contributed by atoms with Crippen molar-refractivity contribution >= 4 is 34.5 Å². The van der Waals surface area contributed by atoms with Gasteiger partial charge in [0.25, 0.3) is 0 Å². The van der Waals surface area contributed by atoms with Crippen molar-refractivity contribution < 1.29 is 0 Å².